The molecule has 37 heavy (non-hydrogen) atoms. The number of hydrogen-bond acceptors (Lipinski definition) is 1. The minimum atomic E-state index is 0. The number of aryl methyl sites for hydroxylation is 2. The summed E-state index contributed by atoms with van der Waals surface area (Å²) in [5, 5.41) is 0. The molecule has 1 aromatic carbocycles. The third kappa shape index (κ3) is 9.70. The lowest BCUT2D eigenvalue weighted by molar-refractivity contribution is -0.185. The van der Waals surface area contributed by atoms with Crippen molar-refractivity contribution >= 4 is 0 Å². The largest absolute Gasteiger partial charge is 0.293 e. The lowest BCUT2D eigenvalue weighted by atomic mass is 9.40. The highest BCUT2D eigenvalue weighted by atomic mass is 15.3. The predicted octanol–water partition coefficient (Wildman–Crippen LogP) is 12.0. The van der Waals surface area contributed by atoms with Gasteiger partial charge < -0.3 is 0 Å². The molecule has 3 aliphatic rings. The molecule has 1 saturated heterocycles. The highest BCUT2D eigenvalue weighted by Crippen LogP contribution is 2.68. The molecule has 4 rings (SSSR count). The molecule has 0 amide bonds. The zero-order valence-electron chi connectivity index (χ0n) is 24.5. The predicted molar refractivity (Wildman–Crippen MR) is 177 cm³/mol. The number of benzene rings is 1. The molecule has 1 nitrogen and oxygen atoms in total. The monoisotopic (exact) mass is 522 g/mol. The third-order valence-corrected chi connectivity index (χ3v) is 8.29. The molecule has 0 N–H and O–H groups in total. The van der Waals surface area contributed by atoms with E-state index in [1.807, 2.05) is 0 Å². The van der Waals surface area contributed by atoms with Gasteiger partial charge in [-0.2, -0.15) is 0 Å². The molecule has 0 bridgehead atoms. The van der Waals surface area contributed by atoms with Crippen molar-refractivity contribution in [2.75, 3.05) is 0 Å². The molecular formula is C36H75N. The number of nitrogens with zero attached hydrogens (tertiary/aromatic N) is 1. The standard InChI is InChI=1S/C23H35N.3C3H8.4CH4/c1-7-17-9-18(8-2)11-19(10-17)12-24-16(6)15(5)22-20-13(3)14(4)21(20)23(22)24;3*1-3-2;;;;/h9-11,13-16,20-23H,7-8,12H2,1-6H3;3*3H2,1-2H3;4*1H4/t13-,14+,15+,16-,20-,21+,22-,23?;;;;;;;/m0......./s1. The summed E-state index contributed by atoms with van der Waals surface area (Å²) < 4.78 is 0. The molecule has 3 fully saturated rings. The summed E-state index contributed by atoms with van der Waals surface area (Å²) in [7, 11) is 0. The van der Waals surface area contributed by atoms with E-state index in [9.17, 15) is 0 Å². The smallest absolute Gasteiger partial charge is 0.0240 e. The quantitative estimate of drug-likeness (QED) is 0.381. The van der Waals surface area contributed by atoms with Crippen molar-refractivity contribution in [2.45, 2.75) is 164 Å². The summed E-state index contributed by atoms with van der Waals surface area (Å²) in [5.74, 6) is 5.74. The highest BCUT2D eigenvalue weighted by Gasteiger charge is 2.69. The van der Waals surface area contributed by atoms with Crippen LogP contribution in [0.15, 0.2) is 18.2 Å². The Morgan fingerprint density at radius 2 is 0.838 bits per heavy atom. The first kappa shape index (κ1) is 43.2. The van der Waals surface area contributed by atoms with Gasteiger partial charge in [0.25, 0.3) is 0 Å². The minimum Gasteiger partial charge on any atom is -0.293 e. The van der Waals surface area contributed by atoms with Crippen molar-refractivity contribution in [2.24, 2.45) is 35.5 Å². The second-order valence-electron chi connectivity index (χ2n) is 11.2. The molecule has 1 heterocycles. The van der Waals surface area contributed by atoms with Crippen LogP contribution in [0.5, 0.6) is 0 Å². The molecule has 1 aliphatic heterocycles. The fourth-order valence-electron chi connectivity index (χ4n) is 6.54. The fraction of sp³-hybridized carbons (Fsp3) is 0.833. The SMILES string of the molecule is C.C.C.C.CCC.CCC.CCC.CCc1cc(CC)cc(CN2C3[C@@H]4[C@H](C)[C@H](C)[C@@H]4[C@@H]3[C@H](C)[C@@H]2C)c1. The van der Waals surface area contributed by atoms with Gasteiger partial charge in [-0.1, -0.05) is 143 Å². The Hall–Kier alpha value is -0.820. The van der Waals surface area contributed by atoms with E-state index in [4.69, 9.17) is 0 Å². The van der Waals surface area contributed by atoms with Crippen LogP contribution in [0.1, 0.15) is 149 Å². The fourth-order valence-corrected chi connectivity index (χ4v) is 6.54. The summed E-state index contributed by atoms with van der Waals surface area (Å²) in [6, 6.07) is 8.93. The van der Waals surface area contributed by atoms with Crippen LogP contribution in [0.3, 0.4) is 0 Å². The Balaban J connectivity index is -0.000000372. The van der Waals surface area contributed by atoms with E-state index in [2.05, 4.69) is 106 Å². The first-order valence-corrected chi connectivity index (χ1v) is 14.6. The average molecular weight is 522 g/mol. The van der Waals surface area contributed by atoms with E-state index < -0.39 is 0 Å². The molecule has 2 aliphatic carbocycles. The highest BCUT2D eigenvalue weighted by molar-refractivity contribution is 5.31. The lowest BCUT2D eigenvalue weighted by Crippen LogP contribution is -2.68. The van der Waals surface area contributed by atoms with Crippen LogP contribution >= 0.6 is 0 Å². The number of fused-ring (bicyclic) bond motifs is 4. The third-order valence-electron chi connectivity index (χ3n) is 8.29. The van der Waals surface area contributed by atoms with Crippen molar-refractivity contribution in [3.8, 4) is 0 Å². The minimum absolute atomic E-state index is 0. The van der Waals surface area contributed by atoms with Crippen molar-refractivity contribution in [1.82, 2.24) is 4.90 Å². The molecule has 2 saturated carbocycles. The summed E-state index contributed by atoms with van der Waals surface area (Å²) in [5.41, 5.74) is 4.57. The molecular weight excluding hydrogens is 446 g/mol. The van der Waals surface area contributed by atoms with Crippen LogP contribution < -0.4 is 0 Å². The molecule has 1 unspecified atom stereocenters. The van der Waals surface area contributed by atoms with E-state index in [0.29, 0.717) is 0 Å². The zero-order chi connectivity index (χ0) is 25.3. The molecule has 224 valence electrons. The van der Waals surface area contributed by atoms with E-state index in [1.54, 1.807) is 5.56 Å². The van der Waals surface area contributed by atoms with Crippen molar-refractivity contribution in [3.63, 3.8) is 0 Å². The first-order valence-electron chi connectivity index (χ1n) is 14.6. The van der Waals surface area contributed by atoms with Crippen LogP contribution in [0.4, 0.5) is 0 Å². The van der Waals surface area contributed by atoms with Crippen LogP contribution in [0.2, 0.25) is 0 Å². The van der Waals surface area contributed by atoms with Gasteiger partial charge in [0.05, 0.1) is 0 Å². The second-order valence-corrected chi connectivity index (χ2v) is 11.2. The van der Waals surface area contributed by atoms with Gasteiger partial charge in [0.1, 0.15) is 0 Å². The maximum Gasteiger partial charge on any atom is 0.0240 e. The normalized spacial score (nSPS) is 29.8. The van der Waals surface area contributed by atoms with E-state index in [0.717, 1.165) is 67.0 Å². The van der Waals surface area contributed by atoms with Gasteiger partial charge in [-0.05, 0) is 72.0 Å². The topological polar surface area (TPSA) is 3.24 Å². The first-order chi connectivity index (χ1) is 15.7. The van der Waals surface area contributed by atoms with Crippen LogP contribution in [0.25, 0.3) is 0 Å². The van der Waals surface area contributed by atoms with E-state index in [1.165, 1.54) is 30.4 Å². The van der Waals surface area contributed by atoms with Crippen molar-refractivity contribution < 1.29 is 0 Å². The van der Waals surface area contributed by atoms with Gasteiger partial charge in [-0.25, -0.2) is 0 Å². The lowest BCUT2D eigenvalue weighted by Gasteiger charge is -2.67. The van der Waals surface area contributed by atoms with Crippen LogP contribution in [-0.4, -0.2) is 17.0 Å². The second kappa shape index (κ2) is 21.1. The zero-order valence-corrected chi connectivity index (χ0v) is 24.5. The number of likely N-dealkylation sites (tertiary alicyclic amines) is 1. The number of hydrogen-bond donors (Lipinski definition) is 0. The maximum atomic E-state index is 2.88. The van der Waals surface area contributed by atoms with Gasteiger partial charge in [0.2, 0.25) is 0 Å². The summed E-state index contributed by atoms with van der Waals surface area (Å²) >= 11 is 0. The molecule has 8 atom stereocenters. The van der Waals surface area contributed by atoms with E-state index >= 15 is 0 Å². The van der Waals surface area contributed by atoms with Crippen molar-refractivity contribution in [3.05, 3.63) is 34.9 Å². The van der Waals surface area contributed by atoms with Gasteiger partial charge >= 0.3 is 0 Å². The average Bonchev–Trinajstić information content (AvgIpc) is 2.96. The summed E-state index contributed by atoms with van der Waals surface area (Å²) in [6.45, 7) is 28.5. The van der Waals surface area contributed by atoms with Crippen molar-refractivity contribution in [1.29, 1.82) is 0 Å². The van der Waals surface area contributed by atoms with Gasteiger partial charge in [-0.15, -0.1) is 0 Å². The molecule has 0 radical (unpaired) electrons. The molecule has 0 spiro atoms. The van der Waals surface area contributed by atoms with E-state index in [-0.39, 0.29) is 29.7 Å². The Bertz CT molecular complexity index is 638. The molecule has 1 aromatic rings. The summed E-state index contributed by atoms with van der Waals surface area (Å²) in [6.07, 6.45) is 6.05. The Kier molecular flexibility index (Phi) is 24.6. The Morgan fingerprint density at radius 3 is 1.22 bits per heavy atom. The maximum absolute atomic E-state index is 2.88. The Morgan fingerprint density at radius 1 is 0.514 bits per heavy atom. The Labute approximate surface area is 238 Å². The number of rotatable bonds is 4. The van der Waals surface area contributed by atoms with Crippen LogP contribution in [-0.2, 0) is 19.4 Å². The van der Waals surface area contributed by atoms with Gasteiger partial charge in [-0.3, -0.25) is 4.90 Å². The van der Waals surface area contributed by atoms with Gasteiger partial charge in [0.15, 0.2) is 0 Å². The van der Waals surface area contributed by atoms with Crippen LogP contribution in [0, 0.1) is 35.5 Å². The van der Waals surface area contributed by atoms with Gasteiger partial charge in [0, 0.05) is 18.6 Å². The molecule has 1 heteroatoms. The summed E-state index contributed by atoms with van der Waals surface area (Å²) in [4.78, 5) is 2.88. The molecule has 0 aromatic heterocycles.